The molecular formula is C13H19FN2OS. The second-order valence-corrected chi connectivity index (χ2v) is 5.82. The third kappa shape index (κ3) is 2.95. The Hall–Kier alpha value is -0.810. The Balaban J connectivity index is 2.06. The van der Waals surface area contributed by atoms with Gasteiger partial charge in [-0.1, -0.05) is 0 Å². The van der Waals surface area contributed by atoms with Crippen LogP contribution in [0, 0.1) is 0 Å². The van der Waals surface area contributed by atoms with E-state index in [0.717, 1.165) is 11.4 Å². The first-order valence-corrected chi connectivity index (χ1v) is 7.46. The van der Waals surface area contributed by atoms with Crippen LogP contribution >= 0.6 is 11.8 Å². The van der Waals surface area contributed by atoms with Gasteiger partial charge in [0, 0.05) is 18.3 Å². The molecule has 1 aromatic heterocycles. The SMILES string of the molecule is CSC(C)c1ccc(N2CC[C@@H](F)[C@H](O)C2)cn1. The molecule has 0 aliphatic carbocycles. The number of aromatic nitrogens is 1. The van der Waals surface area contributed by atoms with Crippen molar-refractivity contribution in [3.05, 3.63) is 24.0 Å². The number of alkyl halides is 1. The molecule has 3 atom stereocenters. The van der Waals surface area contributed by atoms with Crippen LogP contribution in [-0.2, 0) is 0 Å². The molecule has 100 valence electrons. The second kappa shape index (κ2) is 5.89. The van der Waals surface area contributed by atoms with Gasteiger partial charge in [-0.05, 0) is 31.7 Å². The molecule has 1 unspecified atom stereocenters. The smallest absolute Gasteiger partial charge is 0.129 e. The van der Waals surface area contributed by atoms with E-state index in [2.05, 4.69) is 18.2 Å². The Morgan fingerprint density at radius 2 is 2.33 bits per heavy atom. The molecule has 1 N–H and O–H groups in total. The summed E-state index contributed by atoms with van der Waals surface area (Å²) in [7, 11) is 0. The molecule has 0 radical (unpaired) electrons. The van der Waals surface area contributed by atoms with Crippen LogP contribution in [0.5, 0.6) is 0 Å². The van der Waals surface area contributed by atoms with Gasteiger partial charge in [-0.15, -0.1) is 0 Å². The summed E-state index contributed by atoms with van der Waals surface area (Å²) < 4.78 is 13.2. The maximum Gasteiger partial charge on any atom is 0.129 e. The minimum atomic E-state index is -1.09. The average molecular weight is 270 g/mol. The minimum Gasteiger partial charge on any atom is -0.388 e. The van der Waals surface area contributed by atoms with E-state index in [0.29, 0.717) is 24.8 Å². The van der Waals surface area contributed by atoms with Gasteiger partial charge in [0.15, 0.2) is 0 Å². The van der Waals surface area contributed by atoms with Crippen LogP contribution in [0.1, 0.15) is 24.3 Å². The first-order chi connectivity index (χ1) is 8.61. The standard InChI is InChI=1S/C13H19FN2OS/c1-9(18-2)12-4-3-10(7-15-12)16-6-5-11(14)13(17)8-16/h3-4,7,9,11,13,17H,5-6,8H2,1-2H3/t9?,11-,13-/m1/s1. The van der Waals surface area contributed by atoms with Crippen molar-refractivity contribution in [2.45, 2.75) is 30.9 Å². The van der Waals surface area contributed by atoms with E-state index in [1.807, 2.05) is 23.2 Å². The lowest BCUT2D eigenvalue weighted by Gasteiger charge is -2.33. The van der Waals surface area contributed by atoms with Gasteiger partial charge < -0.3 is 10.0 Å². The number of anilines is 1. The number of aliphatic hydroxyl groups excluding tert-OH is 1. The minimum absolute atomic E-state index is 0.347. The maximum atomic E-state index is 13.2. The molecule has 0 bridgehead atoms. The highest BCUT2D eigenvalue weighted by molar-refractivity contribution is 7.98. The summed E-state index contributed by atoms with van der Waals surface area (Å²) in [5.41, 5.74) is 2.00. The fourth-order valence-corrected chi connectivity index (χ4v) is 2.46. The first-order valence-electron chi connectivity index (χ1n) is 6.17. The van der Waals surface area contributed by atoms with Gasteiger partial charge in [-0.2, -0.15) is 11.8 Å². The largest absolute Gasteiger partial charge is 0.388 e. The molecule has 2 rings (SSSR count). The van der Waals surface area contributed by atoms with Crippen LogP contribution < -0.4 is 4.90 Å². The maximum absolute atomic E-state index is 13.2. The van der Waals surface area contributed by atoms with Gasteiger partial charge >= 0.3 is 0 Å². The van der Waals surface area contributed by atoms with Crippen molar-refractivity contribution in [1.29, 1.82) is 0 Å². The van der Waals surface area contributed by atoms with Crippen LogP contribution in [0.2, 0.25) is 0 Å². The van der Waals surface area contributed by atoms with Gasteiger partial charge in [0.05, 0.1) is 17.6 Å². The fraction of sp³-hybridized carbons (Fsp3) is 0.615. The van der Waals surface area contributed by atoms with E-state index >= 15 is 0 Å². The van der Waals surface area contributed by atoms with Gasteiger partial charge in [0.25, 0.3) is 0 Å². The van der Waals surface area contributed by atoms with Gasteiger partial charge in [-0.3, -0.25) is 4.98 Å². The lowest BCUT2D eigenvalue weighted by Crippen LogP contribution is -2.45. The number of piperidine rings is 1. The van der Waals surface area contributed by atoms with Crippen molar-refractivity contribution in [2.24, 2.45) is 0 Å². The number of halogens is 1. The monoisotopic (exact) mass is 270 g/mol. The van der Waals surface area contributed by atoms with E-state index in [1.165, 1.54) is 0 Å². The molecule has 18 heavy (non-hydrogen) atoms. The molecule has 1 aromatic rings. The van der Waals surface area contributed by atoms with Crippen LogP contribution in [0.15, 0.2) is 18.3 Å². The summed E-state index contributed by atoms with van der Waals surface area (Å²) in [5.74, 6) is 0. The normalized spacial score (nSPS) is 26.1. The lowest BCUT2D eigenvalue weighted by atomic mass is 10.1. The summed E-state index contributed by atoms with van der Waals surface area (Å²) in [6.45, 7) is 3.10. The third-order valence-electron chi connectivity index (χ3n) is 3.41. The predicted octanol–water partition coefficient (Wildman–Crippen LogP) is 2.41. The number of hydrogen-bond donors (Lipinski definition) is 1. The Labute approximate surface area is 111 Å². The Kier molecular flexibility index (Phi) is 4.45. The molecule has 2 heterocycles. The molecule has 5 heteroatoms. The van der Waals surface area contributed by atoms with Crippen LogP contribution in [-0.4, -0.2) is 41.7 Å². The number of hydrogen-bond acceptors (Lipinski definition) is 4. The highest BCUT2D eigenvalue weighted by atomic mass is 32.2. The topological polar surface area (TPSA) is 36.4 Å². The highest BCUT2D eigenvalue weighted by Crippen LogP contribution is 2.26. The van der Waals surface area contributed by atoms with Gasteiger partial charge in [-0.25, -0.2) is 4.39 Å². The number of nitrogens with zero attached hydrogens (tertiary/aromatic N) is 2. The molecule has 1 aliphatic heterocycles. The van der Waals surface area contributed by atoms with Gasteiger partial charge in [0.2, 0.25) is 0 Å². The molecule has 3 nitrogen and oxygen atoms in total. The Bertz CT molecular complexity index is 387. The predicted molar refractivity (Wildman–Crippen MR) is 73.9 cm³/mol. The fourth-order valence-electron chi connectivity index (χ4n) is 2.08. The van der Waals surface area contributed by atoms with E-state index in [9.17, 15) is 9.50 Å². The van der Waals surface area contributed by atoms with Crippen molar-refractivity contribution in [3.63, 3.8) is 0 Å². The number of pyridine rings is 1. The summed E-state index contributed by atoms with van der Waals surface area (Å²) >= 11 is 1.75. The van der Waals surface area contributed by atoms with Crippen molar-refractivity contribution in [2.75, 3.05) is 24.2 Å². The summed E-state index contributed by atoms with van der Waals surface area (Å²) in [4.78, 5) is 6.42. The molecule has 0 aromatic carbocycles. The quantitative estimate of drug-likeness (QED) is 0.915. The van der Waals surface area contributed by atoms with Crippen LogP contribution in [0.25, 0.3) is 0 Å². The molecular weight excluding hydrogens is 251 g/mol. The molecule has 1 aliphatic rings. The zero-order chi connectivity index (χ0) is 13.1. The Morgan fingerprint density at radius 3 is 2.89 bits per heavy atom. The number of aliphatic hydroxyl groups is 1. The zero-order valence-electron chi connectivity index (χ0n) is 10.7. The first kappa shape index (κ1) is 13.6. The molecule has 0 amide bonds. The number of rotatable bonds is 3. The number of β-amino-alcohol motifs (C(OH)–C–C–N with tert-alkyl or cyclic N) is 1. The van der Waals surface area contributed by atoms with Gasteiger partial charge in [0.1, 0.15) is 12.3 Å². The van der Waals surface area contributed by atoms with Crippen molar-refractivity contribution in [1.82, 2.24) is 4.98 Å². The molecule has 1 fully saturated rings. The average Bonchev–Trinajstić information content (AvgIpc) is 2.41. The van der Waals surface area contributed by atoms with E-state index in [-0.39, 0.29) is 0 Å². The van der Waals surface area contributed by atoms with Crippen LogP contribution in [0.3, 0.4) is 0 Å². The van der Waals surface area contributed by atoms with E-state index < -0.39 is 12.3 Å². The highest BCUT2D eigenvalue weighted by Gasteiger charge is 2.27. The van der Waals surface area contributed by atoms with Crippen molar-refractivity contribution < 1.29 is 9.50 Å². The lowest BCUT2D eigenvalue weighted by molar-refractivity contribution is 0.0645. The van der Waals surface area contributed by atoms with E-state index in [4.69, 9.17) is 0 Å². The summed E-state index contributed by atoms with van der Waals surface area (Å²) in [6, 6.07) is 4.00. The molecule has 0 spiro atoms. The second-order valence-electron chi connectivity index (χ2n) is 4.64. The van der Waals surface area contributed by atoms with E-state index in [1.54, 1.807) is 11.8 Å². The summed E-state index contributed by atoms with van der Waals surface area (Å²) in [5, 5.41) is 9.93. The van der Waals surface area contributed by atoms with Crippen molar-refractivity contribution in [3.8, 4) is 0 Å². The van der Waals surface area contributed by atoms with Crippen molar-refractivity contribution >= 4 is 17.4 Å². The molecule has 0 saturated carbocycles. The Morgan fingerprint density at radius 1 is 1.56 bits per heavy atom. The molecule has 1 saturated heterocycles. The third-order valence-corrected chi connectivity index (χ3v) is 4.35. The zero-order valence-corrected chi connectivity index (χ0v) is 11.5. The summed E-state index contributed by atoms with van der Waals surface area (Å²) in [6.07, 6.45) is 2.27. The number of thioether (sulfide) groups is 1. The van der Waals surface area contributed by atoms with Crippen LogP contribution in [0.4, 0.5) is 10.1 Å².